The van der Waals surface area contributed by atoms with Crippen molar-refractivity contribution in [3.8, 4) is 11.5 Å². The Morgan fingerprint density at radius 1 is 1.22 bits per heavy atom. The third-order valence-corrected chi connectivity index (χ3v) is 5.10. The van der Waals surface area contributed by atoms with E-state index in [0.717, 1.165) is 10.2 Å². The number of hydrogen-bond donors (Lipinski definition) is 1. The first-order valence-corrected chi connectivity index (χ1v) is 9.45. The van der Waals surface area contributed by atoms with Gasteiger partial charge < -0.3 is 9.88 Å². The molecule has 0 saturated carbocycles. The first-order chi connectivity index (χ1) is 13.0. The van der Waals surface area contributed by atoms with Crippen LogP contribution in [0.4, 0.5) is 5.82 Å². The Kier molecular flexibility index (Phi) is 4.59. The Labute approximate surface area is 164 Å². The minimum atomic E-state index is -0.253. The lowest BCUT2D eigenvalue weighted by Crippen LogP contribution is -2.13. The molecule has 0 unspecified atom stereocenters. The Hall–Kier alpha value is -2.84. The van der Waals surface area contributed by atoms with Crippen molar-refractivity contribution in [2.24, 2.45) is 0 Å². The molecule has 4 rings (SSSR count). The number of thiazole rings is 1. The average Bonchev–Trinajstić information content (AvgIpc) is 3.26. The second-order valence-electron chi connectivity index (χ2n) is 6.17. The van der Waals surface area contributed by atoms with Crippen LogP contribution in [0.1, 0.15) is 30.2 Å². The predicted molar refractivity (Wildman–Crippen MR) is 106 cm³/mol. The normalized spacial score (nSPS) is 11.3. The smallest absolute Gasteiger partial charge is 0.256 e. The molecular weight excluding hydrogens is 384 g/mol. The largest absolute Gasteiger partial charge is 0.310 e. The average molecular weight is 399 g/mol. The SMILES string of the molecule is CC(C)n1cnnc1-c1cccc(NC(=O)c2ccc3nc(Cl)sc3c2)n1. The first-order valence-electron chi connectivity index (χ1n) is 8.25. The highest BCUT2D eigenvalue weighted by molar-refractivity contribution is 7.22. The van der Waals surface area contributed by atoms with Gasteiger partial charge in [-0.1, -0.05) is 17.7 Å². The van der Waals surface area contributed by atoms with Crippen LogP contribution in [0.5, 0.6) is 0 Å². The summed E-state index contributed by atoms with van der Waals surface area (Å²) in [5, 5.41) is 10.9. The molecule has 3 aromatic heterocycles. The van der Waals surface area contributed by atoms with Gasteiger partial charge in [-0.05, 0) is 44.2 Å². The van der Waals surface area contributed by atoms with Crippen LogP contribution in [0.3, 0.4) is 0 Å². The number of nitrogens with one attached hydrogen (secondary N) is 1. The van der Waals surface area contributed by atoms with Gasteiger partial charge in [-0.15, -0.1) is 21.5 Å². The second kappa shape index (κ2) is 7.05. The van der Waals surface area contributed by atoms with Crippen molar-refractivity contribution < 1.29 is 4.79 Å². The zero-order valence-electron chi connectivity index (χ0n) is 14.5. The van der Waals surface area contributed by atoms with Crippen LogP contribution in [0.15, 0.2) is 42.7 Å². The molecule has 0 aliphatic carbocycles. The molecule has 136 valence electrons. The minimum absolute atomic E-state index is 0.202. The number of rotatable bonds is 4. The van der Waals surface area contributed by atoms with Crippen LogP contribution in [0.2, 0.25) is 4.47 Å². The monoisotopic (exact) mass is 398 g/mol. The van der Waals surface area contributed by atoms with Gasteiger partial charge in [0.25, 0.3) is 5.91 Å². The van der Waals surface area contributed by atoms with Gasteiger partial charge in [0, 0.05) is 11.6 Å². The number of nitrogens with zero attached hydrogens (tertiary/aromatic N) is 5. The number of anilines is 1. The number of pyridine rings is 1. The highest BCUT2D eigenvalue weighted by atomic mass is 35.5. The van der Waals surface area contributed by atoms with Gasteiger partial charge in [-0.25, -0.2) is 9.97 Å². The summed E-state index contributed by atoms with van der Waals surface area (Å²) in [6, 6.07) is 10.9. The van der Waals surface area contributed by atoms with Gasteiger partial charge in [0.05, 0.1) is 10.2 Å². The lowest BCUT2D eigenvalue weighted by Gasteiger charge is -2.10. The molecule has 0 atom stereocenters. The van der Waals surface area contributed by atoms with Gasteiger partial charge in [0.15, 0.2) is 10.3 Å². The van der Waals surface area contributed by atoms with Crippen molar-refractivity contribution >= 4 is 44.9 Å². The van der Waals surface area contributed by atoms with Crippen molar-refractivity contribution in [1.29, 1.82) is 0 Å². The first kappa shape index (κ1) is 17.6. The summed E-state index contributed by atoms with van der Waals surface area (Å²) >= 11 is 7.27. The fraction of sp³-hybridized carbons (Fsp3) is 0.167. The highest BCUT2D eigenvalue weighted by Crippen LogP contribution is 2.27. The number of benzene rings is 1. The molecule has 0 aliphatic rings. The van der Waals surface area contributed by atoms with Crippen LogP contribution in [0.25, 0.3) is 21.7 Å². The zero-order chi connectivity index (χ0) is 19.0. The molecule has 1 aromatic carbocycles. The van der Waals surface area contributed by atoms with E-state index in [9.17, 15) is 4.79 Å². The fourth-order valence-corrected chi connectivity index (χ4v) is 3.73. The van der Waals surface area contributed by atoms with Crippen LogP contribution in [0, 0.1) is 0 Å². The molecule has 0 fully saturated rings. The molecule has 9 heteroatoms. The van der Waals surface area contributed by atoms with Crippen LogP contribution in [-0.4, -0.2) is 30.6 Å². The Bertz CT molecular complexity index is 1140. The van der Waals surface area contributed by atoms with Crippen molar-refractivity contribution in [2.45, 2.75) is 19.9 Å². The van der Waals surface area contributed by atoms with Crippen molar-refractivity contribution in [3.05, 3.63) is 52.8 Å². The lowest BCUT2D eigenvalue weighted by atomic mass is 10.2. The van der Waals surface area contributed by atoms with E-state index >= 15 is 0 Å². The van der Waals surface area contributed by atoms with E-state index in [0.29, 0.717) is 27.4 Å². The molecule has 1 amide bonds. The number of fused-ring (bicyclic) bond motifs is 1. The summed E-state index contributed by atoms with van der Waals surface area (Å²) in [4.78, 5) is 21.3. The summed E-state index contributed by atoms with van der Waals surface area (Å²) in [5.74, 6) is 0.844. The number of halogens is 1. The Morgan fingerprint density at radius 3 is 2.89 bits per heavy atom. The summed E-state index contributed by atoms with van der Waals surface area (Å²) in [6.07, 6.45) is 1.67. The van der Waals surface area contributed by atoms with Crippen LogP contribution < -0.4 is 5.32 Å². The van der Waals surface area contributed by atoms with Gasteiger partial charge >= 0.3 is 0 Å². The number of hydrogen-bond acceptors (Lipinski definition) is 6. The summed E-state index contributed by atoms with van der Waals surface area (Å²) in [6.45, 7) is 4.08. The van der Waals surface area contributed by atoms with E-state index in [-0.39, 0.29) is 11.9 Å². The molecule has 1 N–H and O–H groups in total. The molecule has 0 bridgehead atoms. The number of amides is 1. The fourth-order valence-electron chi connectivity index (χ4n) is 2.66. The second-order valence-corrected chi connectivity index (χ2v) is 7.78. The van der Waals surface area contributed by atoms with E-state index in [4.69, 9.17) is 11.6 Å². The third-order valence-electron chi connectivity index (χ3n) is 3.97. The number of carbonyl (C=O) groups excluding carboxylic acids is 1. The van der Waals surface area contributed by atoms with E-state index in [1.54, 1.807) is 30.6 Å². The molecule has 0 saturated heterocycles. The quantitative estimate of drug-likeness (QED) is 0.549. The maximum Gasteiger partial charge on any atom is 0.256 e. The van der Waals surface area contributed by atoms with Gasteiger partial charge in [-0.3, -0.25) is 4.79 Å². The summed E-state index contributed by atoms with van der Waals surface area (Å²) in [7, 11) is 0. The van der Waals surface area contributed by atoms with Crippen molar-refractivity contribution in [3.63, 3.8) is 0 Å². The Morgan fingerprint density at radius 2 is 2.07 bits per heavy atom. The molecule has 0 radical (unpaired) electrons. The molecule has 0 spiro atoms. The molecule has 3 heterocycles. The Balaban J connectivity index is 1.60. The van der Waals surface area contributed by atoms with E-state index in [1.165, 1.54) is 11.3 Å². The maximum atomic E-state index is 12.6. The van der Waals surface area contributed by atoms with Gasteiger partial charge in [0.1, 0.15) is 17.8 Å². The molecule has 7 nitrogen and oxygen atoms in total. The van der Waals surface area contributed by atoms with Crippen molar-refractivity contribution in [2.75, 3.05) is 5.32 Å². The topological polar surface area (TPSA) is 85.6 Å². The van der Waals surface area contributed by atoms with Crippen LogP contribution in [-0.2, 0) is 0 Å². The van der Waals surface area contributed by atoms with E-state index < -0.39 is 0 Å². The molecule has 0 aliphatic heterocycles. The van der Waals surface area contributed by atoms with E-state index in [1.807, 2.05) is 30.5 Å². The zero-order valence-corrected chi connectivity index (χ0v) is 16.1. The van der Waals surface area contributed by atoms with Gasteiger partial charge in [-0.2, -0.15) is 0 Å². The molecule has 27 heavy (non-hydrogen) atoms. The summed E-state index contributed by atoms with van der Waals surface area (Å²) in [5.41, 5.74) is 1.93. The lowest BCUT2D eigenvalue weighted by molar-refractivity contribution is 0.102. The molecular formula is C18H15ClN6OS. The minimum Gasteiger partial charge on any atom is -0.310 e. The highest BCUT2D eigenvalue weighted by Gasteiger charge is 2.14. The van der Waals surface area contributed by atoms with E-state index in [2.05, 4.69) is 25.5 Å². The molecule has 4 aromatic rings. The van der Waals surface area contributed by atoms with Gasteiger partial charge in [0.2, 0.25) is 0 Å². The third kappa shape index (κ3) is 3.54. The van der Waals surface area contributed by atoms with Crippen LogP contribution >= 0.6 is 22.9 Å². The maximum absolute atomic E-state index is 12.6. The number of carbonyl (C=O) groups is 1. The summed E-state index contributed by atoms with van der Waals surface area (Å²) < 4.78 is 3.24. The number of aromatic nitrogens is 5. The standard InChI is InChI=1S/C18H15ClN6OS/c1-10(2)25-9-20-24-16(25)13-4-3-5-15(21-13)23-17(26)11-6-7-12-14(8-11)27-18(19)22-12/h3-10H,1-2H3,(H,21,23,26). The predicted octanol–water partition coefficient (Wildman–Crippen LogP) is 4.44. The van der Waals surface area contributed by atoms with Crippen molar-refractivity contribution in [1.82, 2.24) is 24.7 Å².